The van der Waals surface area contributed by atoms with E-state index in [0.717, 1.165) is 107 Å². The fourth-order valence-corrected chi connectivity index (χ4v) is 18.0. The number of allylic oxidation sites excluding steroid dienone is 1. The molecule has 8 aliphatic rings. The summed E-state index contributed by atoms with van der Waals surface area (Å²) in [6.07, 6.45) is 16.4. The van der Waals surface area contributed by atoms with Crippen LogP contribution in [0.3, 0.4) is 0 Å². The van der Waals surface area contributed by atoms with E-state index >= 15 is 0 Å². The van der Waals surface area contributed by atoms with Gasteiger partial charge in [0, 0.05) is 107 Å². The van der Waals surface area contributed by atoms with Crippen molar-refractivity contribution in [1.29, 1.82) is 0 Å². The fourth-order valence-electron chi connectivity index (χ4n) is 18.0. The SMILES string of the molecule is C=C1[C@@H](C)C(C2CCCC2)c2nc(Nc3ccc(C(=O)NCCCOCCOCCOCCCNC(=O)COc4cccc5c4C(=O)N(C4CCC(=O)NC4=O)C5=O)cc3OC)ccc2N1C.C=C1[C@@H](C)N(C2CCCC2)c2nc(Nc3ccc(C(=O)NCCCCCCCCNC(=O)COc4cccc5c4C(=O)N(C4CCC(=O)NC4=O)C5=O)cc3OC)ccc2N1C. The number of unbranched alkanes of at least 4 members (excludes halogenated alkanes) is 5. The minimum Gasteiger partial charge on any atom is -0.495 e. The molecule has 686 valence electrons. The molecule has 0 spiro atoms. The number of fused-ring (bicyclic) bond motifs is 4. The van der Waals surface area contributed by atoms with E-state index in [-0.39, 0.29) is 89.8 Å². The number of methoxy groups -OCH3 is 2. The molecule has 14 rings (SSSR count). The van der Waals surface area contributed by atoms with Gasteiger partial charge in [-0.15, -0.1) is 0 Å². The number of rotatable bonds is 41. The van der Waals surface area contributed by atoms with Gasteiger partial charge in [-0.1, -0.05) is 83.6 Å². The number of nitrogens with one attached hydrogen (secondary N) is 8. The van der Waals surface area contributed by atoms with Gasteiger partial charge in [0.1, 0.15) is 46.7 Å². The van der Waals surface area contributed by atoms with E-state index in [4.69, 9.17) is 43.1 Å². The number of pyridine rings is 2. The van der Waals surface area contributed by atoms with Crippen molar-refractivity contribution in [3.8, 4) is 23.0 Å². The number of imide groups is 4. The Balaban J connectivity index is 0.000000221. The first-order valence-electron chi connectivity index (χ1n) is 44.8. The summed E-state index contributed by atoms with van der Waals surface area (Å²) in [5.41, 5.74) is 7.99. The molecule has 5 atom stereocenters. The third-order valence-electron chi connectivity index (χ3n) is 25.0. The Hall–Kier alpha value is -12.8. The molecular formula is C95H117N15O19. The lowest BCUT2D eigenvalue weighted by Gasteiger charge is -2.45. The van der Waals surface area contributed by atoms with Crippen molar-refractivity contribution in [3.63, 3.8) is 0 Å². The molecule has 6 aliphatic heterocycles. The molecule has 129 heavy (non-hydrogen) atoms. The van der Waals surface area contributed by atoms with Crippen molar-refractivity contribution in [3.05, 3.63) is 161 Å². The van der Waals surface area contributed by atoms with Crippen molar-refractivity contribution in [2.75, 3.05) is 133 Å². The Morgan fingerprint density at radius 1 is 0.473 bits per heavy atom. The number of aromatic nitrogens is 2. The molecule has 12 amide bonds. The maximum atomic E-state index is 13.2. The van der Waals surface area contributed by atoms with Crippen LogP contribution in [-0.2, 0) is 43.0 Å². The molecular weight excluding hydrogens is 1660 g/mol. The maximum Gasteiger partial charge on any atom is 0.266 e. The molecule has 2 saturated heterocycles. The quantitative estimate of drug-likeness (QED) is 0.0131. The number of anilines is 7. The lowest BCUT2D eigenvalue weighted by Crippen LogP contribution is -2.54. The zero-order chi connectivity index (χ0) is 91.4. The first-order valence-corrected chi connectivity index (χ1v) is 44.8. The summed E-state index contributed by atoms with van der Waals surface area (Å²) in [5, 5.41) is 22.7. The number of carbonyl (C=O) groups is 12. The van der Waals surface area contributed by atoms with Gasteiger partial charge in [-0.25, -0.2) is 9.97 Å². The van der Waals surface area contributed by atoms with Crippen molar-refractivity contribution >= 4 is 111 Å². The number of amides is 12. The Kier molecular flexibility index (Phi) is 32.2. The van der Waals surface area contributed by atoms with Crippen LogP contribution in [0.15, 0.2) is 122 Å². The Morgan fingerprint density at radius 3 is 1.41 bits per heavy atom. The lowest BCUT2D eigenvalue weighted by atomic mass is 9.74. The zero-order valence-electron chi connectivity index (χ0n) is 74.2. The molecule has 6 aromatic rings. The first kappa shape index (κ1) is 93.8. The fraction of sp³-hybridized carbons (Fsp3) is 0.474. The predicted octanol–water partition coefficient (Wildman–Crippen LogP) is 10.5. The number of hydrogen-bond acceptors (Lipinski definition) is 26. The summed E-state index contributed by atoms with van der Waals surface area (Å²) in [6, 6.07) is 26.2. The normalized spacial score (nSPS) is 19.0. The van der Waals surface area contributed by atoms with Gasteiger partial charge in [0.15, 0.2) is 19.0 Å². The van der Waals surface area contributed by atoms with Gasteiger partial charge in [-0.05, 0) is 162 Å². The van der Waals surface area contributed by atoms with Crippen LogP contribution in [0.5, 0.6) is 23.0 Å². The summed E-state index contributed by atoms with van der Waals surface area (Å²) in [7, 11) is 7.27. The number of likely N-dealkylation sites (N-methyl/N-ethyl adjacent to an activating group) is 1. The van der Waals surface area contributed by atoms with Gasteiger partial charge in [-0.3, -0.25) is 78.0 Å². The largest absolute Gasteiger partial charge is 0.495 e. The van der Waals surface area contributed by atoms with E-state index in [1.165, 1.54) is 68.9 Å². The topological polar surface area (TPSA) is 408 Å². The van der Waals surface area contributed by atoms with Gasteiger partial charge in [0.25, 0.3) is 47.3 Å². The summed E-state index contributed by atoms with van der Waals surface area (Å²) in [6.45, 7) is 16.6. The molecule has 34 heteroatoms. The third-order valence-corrected chi connectivity index (χ3v) is 25.0. The van der Waals surface area contributed by atoms with Crippen LogP contribution in [0.1, 0.15) is 216 Å². The number of benzene rings is 4. The van der Waals surface area contributed by atoms with Crippen molar-refractivity contribution in [2.24, 2.45) is 11.8 Å². The van der Waals surface area contributed by atoms with E-state index in [1.54, 1.807) is 44.6 Å². The predicted molar refractivity (Wildman–Crippen MR) is 481 cm³/mol. The first-order chi connectivity index (χ1) is 62.4. The number of carbonyl (C=O) groups excluding carboxylic acids is 12. The average Bonchev–Trinajstić information content (AvgIpc) is 1.75. The number of ether oxygens (including phenoxy) is 7. The highest BCUT2D eigenvalue weighted by Crippen LogP contribution is 2.51. The summed E-state index contributed by atoms with van der Waals surface area (Å²) >= 11 is 0. The summed E-state index contributed by atoms with van der Waals surface area (Å²) in [4.78, 5) is 170. The van der Waals surface area contributed by atoms with Crippen LogP contribution >= 0.6 is 0 Å². The molecule has 4 fully saturated rings. The van der Waals surface area contributed by atoms with Crippen molar-refractivity contribution < 1.29 is 90.7 Å². The Bertz CT molecular complexity index is 5200. The molecule has 34 nitrogen and oxygen atoms in total. The third kappa shape index (κ3) is 22.5. The molecule has 4 aromatic carbocycles. The molecule has 0 bridgehead atoms. The minimum absolute atomic E-state index is 0.00206. The van der Waals surface area contributed by atoms with Gasteiger partial charge < -0.3 is 79.8 Å². The smallest absolute Gasteiger partial charge is 0.266 e. The molecule has 8 heterocycles. The second-order valence-electron chi connectivity index (χ2n) is 33.4. The zero-order valence-corrected chi connectivity index (χ0v) is 74.2. The molecule has 0 radical (unpaired) electrons. The van der Waals surface area contributed by atoms with Crippen LogP contribution < -0.4 is 76.2 Å². The number of nitrogens with zero attached hydrogens (tertiary/aromatic N) is 7. The van der Waals surface area contributed by atoms with Crippen LogP contribution in [0, 0.1) is 11.8 Å². The van der Waals surface area contributed by atoms with Gasteiger partial charge in [0.05, 0.1) is 97.4 Å². The monoisotopic (exact) mass is 1770 g/mol. The Labute approximate surface area is 750 Å². The molecule has 8 N–H and O–H groups in total. The highest BCUT2D eigenvalue weighted by atomic mass is 16.5. The number of hydrogen-bond donors (Lipinski definition) is 8. The van der Waals surface area contributed by atoms with E-state index in [0.29, 0.717) is 137 Å². The summed E-state index contributed by atoms with van der Waals surface area (Å²) < 4.78 is 39.4. The maximum absolute atomic E-state index is 13.2. The van der Waals surface area contributed by atoms with Crippen LogP contribution in [0.4, 0.5) is 40.2 Å². The Morgan fingerprint density at radius 2 is 0.915 bits per heavy atom. The van der Waals surface area contributed by atoms with Gasteiger partial charge in [-0.2, -0.15) is 0 Å². The highest BCUT2D eigenvalue weighted by molar-refractivity contribution is 6.25. The molecule has 2 saturated carbocycles. The van der Waals surface area contributed by atoms with E-state index < -0.39 is 71.9 Å². The van der Waals surface area contributed by atoms with Crippen LogP contribution in [0.25, 0.3) is 0 Å². The lowest BCUT2D eigenvalue weighted by molar-refractivity contribution is -0.137. The van der Waals surface area contributed by atoms with E-state index in [2.05, 4.69) is 103 Å². The summed E-state index contributed by atoms with van der Waals surface area (Å²) in [5.74, 6) is -1.39. The standard InChI is InChI=1S/C49H61N7O11.C46H56N8O8/c1-30-31(2)55(3)36-16-18-40(53-45(36)43(30)32-10-5-6-11-32)52-35-15-14-33(28-39(35)63-4)46(59)51-21-9-23-65-25-27-66-26-24-64-22-8-20-50-42(58)29-67-38-13-7-12-34-44(38)49(62)56(48(34)61)37-17-19-41(57)54-47(37)60;1-28-29(2)53(31-14-9-10-15-31)42-34(52(28)3)20-22-38(50-42)49-33-19-18-30(26-37(33)61-4)43(57)48-25-12-8-6-5-7-11-24-47-40(56)27-62-36-17-13-16-32-41(36)46(60)54(45(32)59)35-21-23-39(55)51-44(35)58/h7,12-16,18,28,30,32,37,43H,2,5-6,8-11,17,19-27,29H2,1,3-4H3,(H,50,58)(H,51,59)(H,52,53)(H,54,57,60);13,16-20,22,26,29,31,35H,1,5-12,14-15,21,23-25,27H2,2-4H3,(H,47,56)(H,48,57)(H,49,50)(H,51,55,58)/t30-,37?,43?;29-,35?/m11/s1. The van der Waals surface area contributed by atoms with Crippen molar-refractivity contribution in [1.82, 2.24) is 51.7 Å². The van der Waals surface area contributed by atoms with E-state index in [1.807, 2.05) is 31.3 Å². The minimum atomic E-state index is -1.10. The molecule has 3 unspecified atom stereocenters. The average molecular weight is 1770 g/mol. The van der Waals surface area contributed by atoms with Crippen molar-refractivity contribution in [2.45, 2.75) is 172 Å². The van der Waals surface area contributed by atoms with E-state index in [9.17, 15) is 57.5 Å². The second kappa shape index (κ2) is 44.3. The molecule has 2 aliphatic carbocycles. The molecule has 2 aromatic heterocycles. The number of piperidine rings is 2. The van der Waals surface area contributed by atoms with Gasteiger partial charge in [0.2, 0.25) is 23.6 Å². The van der Waals surface area contributed by atoms with Crippen LogP contribution in [0.2, 0.25) is 0 Å². The van der Waals surface area contributed by atoms with Crippen LogP contribution in [-0.4, -0.2) is 222 Å². The second-order valence-corrected chi connectivity index (χ2v) is 33.4. The van der Waals surface area contributed by atoms with Gasteiger partial charge >= 0.3 is 0 Å². The highest BCUT2D eigenvalue weighted by Gasteiger charge is 2.49.